The number of benzene rings is 1. The maximum Gasteiger partial charge on any atom is 0.138 e. The molecule has 1 aromatic heterocycles. The van der Waals surface area contributed by atoms with Crippen LogP contribution >= 0.6 is 0 Å². The van der Waals surface area contributed by atoms with Gasteiger partial charge in [0.25, 0.3) is 0 Å². The van der Waals surface area contributed by atoms with Gasteiger partial charge in [0.05, 0.1) is 5.69 Å². The van der Waals surface area contributed by atoms with Crippen LogP contribution in [0.25, 0.3) is 5.69 Å². The van der Waals surface area contributed by atoms with Crippen molar-refractivity contribution in [1.82, 2.24) is 20.1 Å². The summed E-state index contributed by atoms with van der Waals surface area (Å²) in [5.41, 5.74) is 2.33. The lowest BCUT2D eigenvalue weighted by Crippen LogP contribution is -2.19. The molecule has 0 aliphatic heterocycles. The Morgan fingerprint density at radius 3 is 2.65 bits per heavy atom. The zero-order valence-electron chi connectivity index (χ0n) is 10.3. The standard InChI is InChI=1S/C13H18N4/c1-3-8-15-11(2)12-4-6-13(7-5-12)17-10-14-9-16-17/h4-7,9-11,15H,3,8H2,1-2H3. The van der Waals surface area contributed by atoms with Crippen LogP contribution in [0.5, 0.6) is 0 Å². The molecule has 17 heavy (non-hydrogen) atoms. The molecule has 0 spiro atoms. The second-order valence-corrected chi connectivity index (χ2v) is 4.11. The van der Waals surface area contributed by atoms with Gasteiger partial charge in [0.2, 0.25) is 0 Å². The van der Waals surface area contributed by atoms with E-state index in [0.717, 1.165) is 18.7 Å². The van der Waals surface area contributed by atoms with Gasteiger partial charge in [-0.1, -0.05) is 19.1 Å². The van der Waals surface area contributed by atoms with Gasteiger partial charge in [-0.3, -0.25) is 0 Å². The van der Waals surface area contributed by atoms with E-state index < -0.39 is 0 Å². The van der Waals surface area contributed by atoms with Crippen molar-refractivity contribution in [3.05, 3.63) is 42.5 Å². The zero-order chi connectivity index (χ0) is 12.1. The van der Waals surface area contributed by atoms with Crippen molar-refractivity contribution in [3.63, 3.8) is 0 Å². The van der Waals surface area contributed by atoms with Gasteiger partial charge in [-0.2, -0.15) is 5.10 Å². The number of nitrogens with zero attached hydrogens (tertiary/aromatic N) is 3. The number of hydrogen-bond acceptors (Lipinski definition) is 3. The van der Waals surface area contributed by atoms with Crippen LogP contribution in [0, 0.1) is 0 Å². The first-order valence-electron chi connectivity index (χ1n) is 5.99. The molecular weight excluding hydrogens is 212 g/mol. The Morgan fingerprint density at radius 2 is 2.06 bits per heavy atom. The normalized spacial score (nSPS) is 12.6. The summed E-state index contributed by atoms with van der Waals surface area (Å²) in [5.74, 6) is 0. The number of nitrogens with one attached hydrogen (secondary N) is 1. The van der Waals surface area contributed by atoms with E-state index in [2.05, 4.69) is 53.5 Å². The molecule has 0 radical (unpaired) electrons. The van der Waals surface area contributed by atoms with E-state index in [0.29, 0.717) is 6.04 Å². The summed E-state index contributed by atoms with van der Waals surface area (Å²) in [5, 5.41) is 7.57. The lowest BCUT2D eigenvalue weighted by Gasteiger charge is -2.13. The summed E-state index contributed by atoms with van der Waals surface area (Å²) in [7, 11) is 0. The largest absolute Gasteiger partial charge is 0.310 e. The third-order valence-corrected chi connectivity index (χ3v) is 2.78. The van der Waals surface area contributed by atoms with Gasteiger partial charge >= 0.3 is 0 Å². The Bertz CT molecular complexity index is 433. The molecule has 1 heterocycles. The van der Waals surface area contributed by atoms with Crippen LogP contribution in [0.3, 0.4) is 0 Å². The second kappa shape index (κ2) is 5.59. The Balaban J connectivity index is 2.08. The maximum absolute atomic E-state index is 4.10. The molecule has 1 aromatic carbocycles. The van der Waals surface area contributed by atoms with E-state index in [4.69, 9.17) is 0 Å². The van der Waals surface area contributed by atoms with Crippen LogP contribution in [0.2, 0.25) is 0 Å². The van der Waals surface area contributed by atoms with Crippen molar-refractivity contribution in [2.75, 3.05) is 6.54 Å². The van der Waals surface area contributed by atoms with Gasteiger partial charge in [-0.05, 0) is 37.6 Å². The average molecular weight is 230 g/mol. The fraction of sp³-hybridized carbons (Fsp3) is 0.385. The van der Waals surface area contributed by atoms with E-state index in [1.807, 2.05) is 0 Å². The monoisotopic (exact) mass is 230 g/mol. The first-order chi connectivity index (χ1) is 8.31. The molecule has 0 saturated heterocycles. The van der Waals surface area contributed by atoms with Crippen molar-refractivity contribution in [1.29, 1.82) is 0 Å². The number of aromatic nitrogens is 3. The molecule has 2 aromatic rings. The highest BCUT2D eigenvalue weighted by Gasteiger charge is 2.04. The van der Waals surface area contributed by atoms with E-state index in [1.54, 1.807) is 17.3 Å². The summed E-state index contributed by atoms with van der Waals surface area (Å²) >= 11 is 0. The van der Waals surface area contributed by atoms with Gasteiger partial charge in [0.15, 0.2) is 0 Å². The van der Waals surface area contributed by atoms with Crippen molar-refractivity contribution >= 4 is 0 Å². The van der Waals surface area contributed by atoms with E-state index in [1.165, 1.54) is 5.56 Å². The van der Waals surface area contributed by atoms with Crippen molar-refractivity contribution in [2.24, 2.45) is 0 Å². The van der Waals surface area contributed by atoms with Crippen molar-refractivity contribution in [2.45, 2.75) is 26.3 Å². The molecule has 0 fully saturated rings. The molecule has 4 heteroatoms. The Kier molecular flexibility index (Phi) is 3.88. The molecule has 0 aliphatic rings. The fourth-order valence-corrected chi connectivity index (χ4v) is 1.74. The summed E-state index contributed by atoms with van der Waals surface area (Å²) < 4.78 is 1.76. The van der Waals surface area contributed by atoms with Gasteiger partial charge in [0.1, 0.15) is 12.7 Å². The minimum absolute atomic E-state index is 0.389. The molecule has 1 unspecified atom stereocenters. The van der Waals surface area contributed by atoms with Crippen molar-refractivity contribution in [3.8, 4) is 5.69 Å². The second-order valence-electron chi connectivity index (χ2n) is 4.11. The van der Waals surface area contributed by atoms with E-state index in [9.17, 15) is 0 Å². The lowest BCUT2D eigenvalue weighted by molar-refractivity contribution is 0.570. The van der Waals surface area contributed by atoms with Crippen LogP contribution in [0.15, 0.2) is 36.9 Å². The van der Waals surface area contributed by atoms with Crippen LogP contribution in [0.4, 0.5) is 0 Å². The highest BCUT2D eigenvalue weighted by Crippen LogP contribution is 2.14. The Morgan fingerprint density at radius 1 is 1.29 bits per heavy atom. The van der Waals surface area contributed by atoms with E-state index in [-0.39, 0.29) is 0 Å². The van der Waals surface area contributed by atoms with Crippen LogP contribution in [-0.4, -0.2) is 21.3 Å². The maximum atomic E-state index is 4.10. The molecule has 0 bridgehead atoms. The smallest absolute Gasteiger partial charge is 0.138 e. The molecule has 0 saturated carbocycles. The van der Waals surface area contributed by atoms with Crippen LogP contribution in [0.1, 0.15) is 31.9 Å². The topological polar surface area (TPSA) is 42.7 Å². The molecule has 1 atom stereocenters. The molecule has 90 valence electrons. The predicted octanol–water partition coefficient (Wildman–Crippen LogP) is 2.33. The van der Waals surface area contributed by atoms with Gasteiger partial charge in [-0.25, -0.2) is 9.67 Å². The summed E-state index contributed by atoms with van der Waals surface area (Å²) in [6, 6.07) is 8.77. The van der Waals surface area contributed by atoms with Crippen LogP contribution in [-0.2, 0) is 0 Å². The van der Waals surface area contributed by atoms with Gasteiger partial charge in [0, 0.05) is 6.04 Å². The molecule has 0 amide bonds. The SMILES string of the molecule is CCCNC(C)c1ccc(-n2cncn2)cc1. The quantitative estimate of drug-likeness (QED) is 0.857. The number of hydrogen-bond donors (Lipinski definition) is 1. The van der Waals surface area contributed by atoms with Gasteiger partial charge in [-0.15, -0.1) is 0 Å². The minimum atomic E-state index is 0.389. The predicted molar refractivity (Wildman–Crippen MR) is 68.1 cm³/mol. The fourth-order valence-electron chi connectivity index (χ4n) is 1.74. The minimum Gasteiger partial charge on any atom is -0.310 e. The lowest BCUT2D eigenvalue weighted by atomic mass is 10.1. The summed E-state index contributed by atoms with van der Waals surface area (Å²) in [6.07, 6.45) is 4.40. The molecule has 2 rings (SSSR count). The first kappa shape index (κ1) is 11.8. The van der Waals surface area contributed by atoms with E-state index >= 15 is 0 Å². The summed E-state index contributed by atoms with van der Waals surface area (Å²) in [4.78, 5) is 3.94. The Labute approximate surface area is 102 Å². The summed E-state index contributed by atoms with van der Waals surface area (Å²) in [6.45, 7) is 5.40. The highest BCUT2D eigenvalue weighted by molar-refractivity contribution is 5.34. The van der Waals surface area contributed by atoms with Crippen molar-refractivity contribution < 1.29 is 0 Å². The average Bonchev–Trinajstić information content (AvgIpc) is 2.90. The third-order valence-electron chi connectivity index (χ3n) is 2.78. The molecular formula is C13H18N4. The Hall–Kier alpha value is -1.68. The molecule has 0 aliphatic carbocycles. The zero-order valence-corrected chi connectivity index (χ0v) is 10.3. The third kappa shape index (κ3) is 2.91. The highest BCUT2D eigenvalue weighted by atomic mass is 15.3. The molecule has 1 N–H and O–H groups in total. The number of rotatable bonds is 5. The van der Waals surface area contributed by atoms with Crippen LogP contribution < -0.4 is 5.32 Å². The van der Waals surface area contributed by atoms with Gasteiger partial charge < -0.3 is 5.32 Å². The molecule has 4 nitrogen and oxygen atoms in total. The first-order valence-corrected chi connectivity index (χ1v) is 5.99.